The van der Waals surface area contributed by atoms with Gasteiger partial charge in [0.2, 0.25) is 5.88 Å². The zero-order valence-electron chi connectivity index (χ0n) is 21.9. The Hall–Kier alpha value is -3.68. The Kier molecular flexibility index (Phi) is 9.44. The van der Waals surface area contributed by atoms with E-state index in [0.29, 0.717) is 24.3 Å². The first kappa shape index (κ1) is 27.9. The number of aliphatic hydroxyl groups is 1. The Morgan fingerprint density at radius 2 is 2.11 bits per heavy atom. The molecular weight excluding hydrogens is 477 g/mol. The van der Waals surface area contributed by atoms with Crippen molar-refractivity contribution in [3.8, 4) is 17.7 Å². The van der Waals surface area contributed by atoms with Crippen LogP contribution in [0.4, 0.5) is 14.9 Å². The molecule has 2 N–H and O–H groups in total. The quantitative estimate of drug-likeness (QED) is 0.579. The van der Waals surface area contributed by atoms with E-state index in [1.807, 2.05) is 25.9 Å². The van der Waals surface area contributed by atoms with E-state index in [9.17, 15) is 19.1 Å². The maximum Gasteiger partial charge on any atom is 0.321 e. The van der Waals surface area contributed by atoms with E-state index in [1.54, 1.807) is 37.2 Å². The number of likely N-dealkylation sites (N-methyl/N-ethyl adjacent to an activating group) is 1. The number of hydrogen-bond acceptors (Lipinski definition) is 6. The lowest BCUT2D eigenvalue weighted by Crippen LogP contribution is -2.50. The number of amides is 3. The molecule has 3 atom stereocenters. The van der Waals surface area contributed by atoms with E-state index in [0.717, 1.165) is 0 Å². The lowest BCUT2D eigenvalue weighted by atomic mass is 10.00. The van der Waals surface area contributed by atoms with Crippen LogP contribution in [0, 0.1) is 23.6 Å². The van der Waals surface area contributed by atoms with Crippen molar-refractivity contribution < 1.29 is 23.8 Å². The van der Waals surface area contributed by atoms with Gasteiger partial charge in [-0.05, 0) is 45.3 Å². The average molecular weight is 512 g/mol. The van der Waals surface area contributed by atoms with Crippen LogP contribution in [0.2, 0.25) is 0 Å². The van der Waals surface area contributed by atoms with Crippen molar-refractivity contribution in [2.45, 2.75) is 26.0 Å². The van der Waals surface area contributed by atoms with E-state index < -0.39 is 24.0 Å². The molecule has 2 heterocycles. The molecule has 3 amide bonds. The standard InChI is InChI=1S/C27H34FN5O4/c1-18-15-33(19(2)17-34)26(35)23-12-20(8-7-11-31(3)4)14-29-25(23)37-24(18)16-32(5)27(36)30-22-10-6-9-21(28)13-22/h6,9-10,12-14,18-19,24,34H,11,15-17H2,1-5H3,(H,30,36)/t18-,19-,24+/m1/s1. The van der Waals surface area contributed by atoms with Crippen molar-refractivity contribution in [1.29, 1.82) is 0 Å². The first-order chi connectivity index (χ1) is 17.6. The van der Waals surface area contributed by atoms with Gasteiger partial charge < -0.3 is 25.0 Å². The van der Waals surface area contributed by atoms with Crippen LogP contribution < -0.4 is 10.1 Å². The number of benzene rings is 1. The average Bonchev–Trinajstić information content (AvgIpc) is 2.85. The van der Waals surface area contributed by atoms with Gasteiger partial charge in [0.15, 0.2) is 0 Å². The number of rotatable bonds is 6. The molecule has 0 unspecified atom stereocenters. The zero-order chi connectivity index (χ0) is 27.1. The van der Waals surface area contributed by atoms with Gasteiger partial charge in [0.05, 0.1) is 25.7 Å². The van der Waals surface area contributed by atoms with Crippen molar-refractivity contribution in [2.24, 2.45) is 5.92 Å². The number of urea groups is 1. The Labute approximate surface area is 217 Å². The fourth-order valence-electron chi connectivity index (χ4n) is 3.83. The Balaban J connectivity index is 1.87. The third-order valence-corrected chi connectivity index (χ3v) is 6.03. The first-order valence-electron chi connectivity index (χ1n) is 12.1. The highest BCUT2D eigenvalue weighted by molar-refractivity contribution is 5.97. The largest absolute Gasteiger partial charge is 0.472 e. The van der Waals surface area contributed by atoms with Gasteiger partial charge in [-0.15, -0.1) is 0 Å². The number of aromatic nitrogens is 1. The fourth-order valence-corrected chi connectivity index (χ4v) is 3.83. The van der Waals surface area contributed by atoms with Crippen LogP contribution in [0.15, 0.2) is 36.5 Å². The van der Waals surface area contributed by atoms with Crippen molar-refractivity contribution in [3.63, 3.8) is 0 Å². The summed E-state index contributed by atoms with van der Waals surface area (Å²) in [6.07, 6.45) is 1.04. The first-order valence-corrected chi connectivity index (χ1v) is 12.1. The lowest BCUT2D eigenvalue weighted by Gasteiger charge is -2.37. The molecule has 1 aliphatic heterocycles. The highest BCUT2D eigenvalue weighted by Crippen LogP contribution is 2.27. The fraction of sp³-hybridized carbons (Fsp3) is 0.444. The molecule has 0 aliphatic carbocycles. The molecule has 0 fully saturated rings. The summed E-state index contributed by atoms with van der Waals surface area (Å²) < 4.78 is 19.7. The van der Waals surface area contributed by atoms with Crippen molar-refractivity contribution in [3.05, 3.63) is 53.5 Å². The second kappa shape index (κ2) is 12.5. The van der Waals surface area contributed by atoms with Crippen LogP contribution in [0.25, 0.3) is 0 Å². The van der Waals surface area contributed by atoms with Gasteiger partial charge in [-0.2, -0.15) is 0 Å². The zero-order valence-corrected chi connectivity index (χ0v) is 21.9. The second-order valence-electron chi connectivity index (χ2n) is 9.56. The number of hydrogen-bond donors (Lipinski definition) is 2. The maximum absolute atomic E-state index is 13.5. The number of nitrogens with zero attached hydrogens (tertiary/aromatic N) is 4. The number of carbonyl (C=O) groups is 2. The van der Waals surface area contributed by atoms with Gasteiger partial charge in [-0.1, -0.05) is 24.8 Å². The minimum Gasteiger partial charge on any atom is -0.472 e. The second-order valence-corrected chi connectivity index (χ2v) is 9.56. The molecule has 37 heavy (non-hydrogen) atoms. The molecule has 0 saturated heterocycles. The summed E-state index contributed by atoms with van der Waals surface area (Å²) in [4.78, 5) is 35.6. The molecular formula is C27H34FN5O4. The number of carbonyl (C=O) groups excluding carboxylic acids is 2. The number of ether oxygens (including phenoxy) is 1. The van der Waals surface area contributed by atoms with E-state index in [-0.39, 0.29) is 36.4 Å². The highest BCUT2D eigenvalue weighted by atomic mass is 19.1. The molecule has 9 nitrogen and oxygen atoms in total. The summed E-state index contributed by atoms with van der Waals surface area (Å²) in [5.74, 6) is 5.24. The number of pyridine rings is 1. The van der Waals surface area contributed by atoms with Crippen LogP contribution in [0.1, 0.15) is 29.8 Å². The van der Waals surface area contributed by atoms with Gasteiger partial charge in [-0.3, -0.25) is 9.69 Å². The summed E-state index contributed by atoms with van der Waals surface area (Å²) >= 11 is 0. The molecule has 0 saturated carbocycles. The molecule has 0 radical (unpaired) electrons. The lowest BCUT2D eigenvalue weighted by molar-refractivity contribution is 0.0356. The minimum atomic E-state index is -0.512. The van der Waals surface area contributed by atoms with Gasteiger partial charge in [0.1, 0.15) is 17.5 Å². The maximum atomic E-state index is 13.5. The summed E-state index contributed by atoms with van der Waals surface area (Å²) in [5, 5.41) is 12.5. The number of aliphatic hydroxyl groups excluding tert-OH is 1. The van der Waals surface area contributed by atoms with E-state index in [1.165, 1.54) is 23.1 Å². The number of nitrogens with one attached hydrogen (secondary N) is 1. The number of anilines is 1. The third-order valence-electron chi connectivity index (χ3n) is 6.03. The molecule has 1 aliphatic rings. The summed E-state index contributed by atoms with van der Waals surface area (Å²) in [6.45, 7) is 4.53. The third kappa shape index (κ3) is 7.41. The molecule has 2 aromatic rings. The Morgan fingerprint density at radius 3 is 2.78 bits per heavy atom. The number of halogens is 1. The minimum absolute atomic E-state index is 0.147. The number of fused-ring (bicyclic) bond motifs is 1. The van der Waals surface area contributed by atoms with Crippen LogP contribution in [0.3, 0.4) is 0 Å². The van der Waals surface area contributed by atoms with Gasteiger partial charge >= 0.3 is 6.03 Å². The molecule has 198 valence electrons. The van der Waals surface area contributed by atoms with Crippen molar-refractivity contribution >= 4 is 17.6 Å². The monoisotopic (exact) mass is 511 g/mol. The predicted octanol–water partition coefficient (Wildman–Crippen LogP) is 2.52. The van der Waals surface area contributed by atoms with Crippen LogP contribution in [-0.4, -0.2) is 96.3 Å². The van der Waals surface area contributed by atoms with E-state index in [4.69, 9.17) is 4.74 Å². The van der Waals surface area contributed by atoms with Crippen molar-refractivity contribution in [2.75, 3.05) is 52.7 Å². The molecule has 3 rings (SSSR count). The topological polar surface area (TPSA) is 98.2 Å². The van der Waals surface area contributed by atoms with Crippen LogP contribution >= 0.6 is 0 Å². The molecule has 1 aromatic carbocycles. The molecule has 0 bridgehead atoms. The predicted molar refractivity (Wildman–Crippen MR) is 139 cm³/mol. The summed E-state index contributed by atoms with van der Waals surface area (Å²) in [7, 11) is 5.44. The van der Waals surface area contributed by atoms with Crippen LogP contribution in [0.5, 0.6) is 5.88 Å². The summed E-state index contributed by atoms with van der Waals surface area (Å²) in [5.41, 5.74) is 1.17. The highest BCUT2D eigenvalue weighted by Gasteiger charge is 2.34. The van der Waals surface area contributed by atoms with Crippen molar-refractivity contribution in [1.82, 2.24) is 19.7 Å². The smallest absolute Gasteiger partial charge is 0.321 e. The van der Waals surface area contributed by atoms with Gasteiger partial charge in [0.25, 0.3) is 5.91 Å². The molecule has 1 aromatic heterocycles. The van der Waals surface area contributed by atoms with Crippen LogP contribution in [-0.2, 0) is 0 Å². The van der Waals surface area contributed by atoms with E-state index in [2.05, 4.69) is 22.1 Å². The van der Waals surface area contributed by atoms with E-state index >= 15 is 0 Å². The van der Waals surface area contributed by atoms with Gasteiger partial charge in [0, 0.05) is 37.0 Å². The molecule has 10 heteroatoms. The SMILES string of the molecule is C[C@@H]1CN([C@H](C)CO)C(=O)c2cc(C#CCN(C)C)cnc2O[C@H]1CN(C)C(=O)Nc1cccc(F)c1. The Bertz CT molecular complexity index is 1180. The van der Waals surface area contributed by atoms with Gasteiger partial charge in [-0.25, -0.2) is 14.2 Å². The Morgan fingerprint density at radius 1 is 1.35 bits per heavy atom. The molecule has 0 spiro atoms. The normalized spacial score (nSPS) is 18.1. The summed E-state index contributed by atoms with van der Waals surface area (Å²) in [6, 6.07) is 6.44.